The van der Waals surface area contributed by atoms with Gasteiger partial charge in [0.1, 0.15) is 0 Å². The van der Waals surface area contributed by atoms with E-state index in [0.29, 0.717) is 16.7 Å². The van der Waals surface area contributed by atoms with Crippen LogP contribution in [-0.2, 0) is 9.47 Å². The fourth-order valence-corrected chi connectivity index (χ4v) is 7.73. The maximum Gasteiger partial charge on any atom is 0.0525 e. The Labute approximate surface area is 154 Å². The first-order valence-corrected chi connectivity index (χ1v) is 10.7. The van der Waals surface area contributed by atoms with Gasteiger partial charge in [-0.3, -0.25) is 0 Å². The molecule has 4 rings (SSSR count). The summed E-state index contributed by atoms with van der Waals surface area (Å²) in [6, 6.07) is 0. The van der Waals surface area contributed by atoms with Crippen LogP contribution in [0.4, 0.5) is 0 Å². The third-order valence-electron chi connectivity index (χ3n) is 9.15. The Bertz CT molecular complexity index is 526. The molecule has 142 valence electrons. The van der Waals surface area contributed by atoms with Crippen molar-refractivity contribution in [2.24, 2.45) is 40.4 Å². The molecule has 0 aliphatic heterocycles. The number of rotatable bonds is 4. The second-order valence-electron chi connectivity index (χ2n) is 10.1. The van der Waals surface area contributed by atoms with Crippen molar-refractivity contribution >= 4 is 0 Å². The molecule has 0 bridgehead atoms. The normalized spacial score (nSPS) is 49.1. The van der Waals surface area contributed by atoms with Gasteiger partial charge in [-0.15, -0.1) is 0 Å². The quantitative estimate of drug-likeness (QED) is 0.628. The molecule has 0 aromatic heterocycles. The molecule has 3 fully saturated rings. The number of methoxy groups -OCH3 is 2. The van der Waals surface area contributed by atoms with Gasteiger partial charge in [-0.25, -0.2) is 0 Å². The van der Waals surface area contributed by atoms with Crippen LogP contribution in [-0.4, -0.2) is 27.4 Å². The summed E-state index contributed by atoms with van der Waals surface area (Å²) >= 11 is 0. The summed E-state index contributed by atoms with van der Waals surface area (Å²) in [7, 11) is 3.74. The summed E-state index contributed by atoms with van der Waals surface area (Å²) in [5.41, 5.74) is 2.81. The summed E-state index contributed by atoms with van der Waals surface area (Å²) < 4.78 is 11.0. The first kappa shape index (κ1) is 18.0. The van der Waals surface area contributed by atoms with Gasteiger partial charge < -0.3 is 9.47 Å². The fourth-order valence-electron chi connectivity index (χ4n) is 7.73. The Hall–Kier alpha value is -0.340. The van der Waals surface area contributed by atoms with Crippen LogP contribution >= 0.6 is 0 Å². The van der Waals surface area contributed by atoms with Gasteiger partial charge in [0, 0.05) is 26.7 Å². The molecule has 0 saturated heterocycles. The monoisotopic (exact) mass is 346 g/mol. The summed E-state index contributed by atoms with van der Waals surface area (Å²) in [6.07, 6.45) is 13.8. The molecule has 0 N–H and O–H groups in total. The van der Waals surface area contributed by atoms with Crippen molar-refractivity contribution in [3.05, 3.63) is 11.6 Å². The minimum absolute atomic E-state index is 0.480. The lowest BCUT2D eigenvalue weighted by molar-refractivity contribution is -0.0630. The van der Waals surface area contributed by atoms with Crippen molar-refractivity contribution in [1.29, 1.82) is 0 Å². The van der Waals surface area contributed by atoms with Crippen LogP contribution in [0.15, 0.2) is 11.6 Å². The Balaban J connectivity index is 1.57. The van der Waals surface area contributed by atoms with Crippen molar-refractivity contribution in [2.45, 2.75) is 65.2 Å². The van der Waals surface area contributed by atoms with Crippen LogP contribution in [0.5, 0.6) is 0 Å². The number of allylic oxidation sites excluding steroid dienone is 1. The van der Waals surface area contributed by atoms with E-state index in [4.69, 9.17) is 9.47 Å². The van der Waals surface area contributed by atoms with Crippen molar-refractivity contribution in [3.63, 3.8) is 0 Å². The second kappa shape index (κ2) is 6.68. The topological polar surface area (TPSA) is 18.5 Å². The van der Waals surface area contributed by atoms with E-state index in [9.17, 15) is 0 Å². The summed E-state index contributed by atoms with van der Waals surface area (Å²) in [5.74, 6) is 4.29. The number of hydrogen-bond donors (Lipinski definition) is 0. The third-order valence-corrected chi connectivity index (χ3v) is 9.15. The summed E-state index contributed by atoms with van der Waals surface area (Å²) in [6.45, 7) is 7.11. The maximum absolute atomic E-state index is 5.60. The van der Waals surface area contributed by atoms with Crippen molar-refractivity contribution in [1.82, 2.24) is 0 Å². The highest BCUT2D eigenvalue weighted by Crippen LogP contribution is 2.66. The predicted octanol–water partition coefficient (Wildman–Crippen LogP) is 5.47. The zero-order valence-corrected chi connectivity index (χ0v) is 16.9. The average molecular weight is 347 g/mol. The lowest BCUT2D eigenvalue weighted by Gasteiger charge is -2.58. The van der Waals surface area contributed by atoms with Crippen molar-refractivity contribution in [2.75, 3.05) is 27.4 Å². The molecule has 7 atom stereocenters. The first-order valence-electron chi connectivity index (χ1n) is 10.7. The largest absolute Gasteiger partial charge is 0.384 e. The number of ether oxygens (including phenoxy) is 2. The molecule has 0 radical (unpaired) electrons. The van der Waals surface area contributed by atoms with Gasteiger partial charge in [0.05, 0.1) is 6.61 Å². The lowest BCUT2D eigenvalue weighted by atomic mass is 9.46. The number of hydrogen-bond acceptors (Lipinski definition) is 2. The molecule has 0 spiro atoms. The third kappa shape index (κ3) is 2.74. The van der Waals surface area contributed by atoms with E-state index in [-0.39, 0.29) is 0 Å². The Morgan fingerprint density at radius 2 is 1.72 bits per heavy atom. The highest BCUT2D eigenvalue weighted by atomic mass is 16.5. The predicted molar refractivity (Wildman–Crippen MR) is 102 cm³/mol. The van der Waals surface area contributed by atoms with Gasteiger partial charge in [0.2, 0.25) is 0 Å². The van der Waals surface area contributed by atoms with Crippen LogP contribution in [0.2, 0.25) is 0 Å². The fraction of sp³-hybridized carbons (Fsp3) is 0.913. The minimum atomic E-state index is 0.480. The van der Waals surface area contributed by atoms with Gasteiger partial charge >= 0.3 is 0 Å². The highest BCUT2D eigenvalue weighted by molar-refractivity contribution is 5.25. The second-order valence-corrected chi connectivity index (χ2v) is 10.1. The molecule has 2 nitrogen and oxygen atoms in total. The molecule has 4 aliphatic rings. The summed E-state index contributed by atoms with van der Waals surface area (Å²) in [5, 5.41) is 0. The van der Waals surface area contributed by atoms with E-state index in [0.717, 1.165) is 36.9 Å². The molecule has 0 aromatic rings. The molecule has 0 heterocycles. The lowest BCUT2D eigenvalue weighted by Crippen LogP contribution is -2.50. The van der Waals surface area contributed by atoms with E-state index in [1.165, 1.54) is 51.4 Å². The Morgan fingerprint density at radius 3 is 2.48 bits per heavy atom. The summed E-state index contributed by atoms with van der Waals surface area (Å²) in [4.78, 5) is 0. The average Bonchev–Trinajstić information content (AvgIpc) is 2.93. The maximum atomic E-state index is 5.60. The van der Waals surface area contributed by atoms with Crippen LogP contribution in [0.3, 0.4) is 0 Å². The minimum Gasteiger partial charge on any atom is -0.384 e. The van der Waals surface area contributed by atoms with Crippen LogP contribution in [0, 0.1) is 40.4 Å². The van der Waals surface area contributed by atoms with Crippen LogP contribution in [0.1, 0.15) is 65.2 Å². The van der Waals surface area contributed by atoms with Crippen molar-refractivity contribution < 1.29 is 9.47 Å². The van der Waals surface area contributed by atoms with Crippen LogP contribution in [0.25, 0.3) is 0 Å². The van der Waals surface area contributed by atoms with Gasteiger partial charge in [-0.2, -0.15) is 0 Å². The smallest absolute Gasteiger partial charge is 0.0525 e. The molecule has 4 aliphatic carbocycles. The van der Waals surface area contributed by atoms with Crippen LogP contribution < -0.4 is 0 Å². The SMILES string of the molecule is COCC1C=C2CC[C@@H]3[C@@H](CC[C@]4(C)C(COC)CC[C@@H]34)[C@@]2(C)CC1. The molecule has 2 unspecified atom stereocenters. The van der Waals surface area contributed by atoms with E-state index in [1.54, 1.807) is 5.57 Å². The molecule has 0 amide bonds. The van der Waals surface area contributed by atoms with E-state index in [1.807, 2.05) is 14.2 Å². The standard InChI is InChI=1S/C23H38O2/c1-22-11-9-16(14-24-3)13-17(22)5-7-19-20-8-6-18(15-25-4)23(20,2)12-10-21(19)22/h13,16,18-21H,5-12,14-15H2,1-4H3/t16?,18?,19-,20-,21+,22-,23+/m0/s1. The van der Waals surface area contributed by atoms with Gasteiger partial charge in [0.25, 0.3) is 0 Å². The molecule has 2 heteroatoms. The Kier molecular flexibility index (Phi) is 4.82. The van der Waals surface area contributed by atoms with Gasteiger partial charge in [0.15, 0.2) is 0 Å². The number of fused-ring (bicyclic) bond motifs is 5. The molecular formula is C23H38O2. The zero-order valence-electron chi connectivity index (χ0n) is 16.9. The zero-order chi connectivity index (χ0) is 17.7. The molecule has 3 saturated carbocycles. The molecule has 25 heavy (non-hydrogen) atoms. The van der Waals surface area contributed by atoms with E-state index in [2.05, 4.69) is 19.9 Å². The van der Waals surface area contributed by atoms with E-state index >= 15 is 0 Å². The van der Waals surface area contributed by atoms with Gasteiger partial charge in [-0.1, -0.05) is 25.5 Å². The molecular weight excluding hydrogens is 308 g/mol. The molecule has 0 aromatic carbocycles. The van der Waals surface area contributed by atoms with Gasteiger partial charge in [-0.05, 0) is 85.9 Å². The van der Waals surface area contributed by atoms with E-state index < -0.39 is 0 Å². The van der Waals surface area contributed by atoms with Crippen molar-refractivity contribution in [3.8, 4) is 0 Å². The highest BCUT2D eigenvalue weighted by Gasteiger charge is 2.58. The first-order chi connectivity index (χ1) is 12.0. The Morgan fingerprint density at radius 1 is 0.920 bits per heavy atom.